The lowest BCUT2D eigenvalue weighted by Crippen LogP contribution is -2.17. The summed E-state index contributed by atoms with van der Waals surface area (Å²) in [6, 6.07) is 8.28. The predicted octanol–water partition coefficient (Wildman–Crippen LogP) is 1.61. The normalized spacial score (nSPS) is 10.7. The molecule has 0 spiro atoms. The van der Waals surface area contributed by atoms with Crippen LogP contribution in [-0.4, -0.2) is 23.4 Å². The molecular formula is C13H13NO3. The molecule has 0 amide bonds. The van der Waals surface area contributed by atoms with E-state index in [0.717, 1.165) is 0 Å². The monoisotopic (exact) mass is 231 g/mol. The minimum absolute atomic E-state index is 0.293. The lowest BCUT2D eigenvalue weighted by atomic mass is 10.0. The first kappa shape index (κ1) is 12.7. The van der Waals surface area contributed by atoms with Crippen LogP contribution in [0.4, 0.5) is 0 Å². The summed E-state index contributed by atoms with van der Waals surface area (Å²) < 4.78 is 0. The zero-order chi connectivity index (χ0) is 12.7. The summed E-state index contributed by atoms with van der Waals surface area (Å²) in [6.45, 7) is 3.88. The maximum atomic E-state index is 11.9. The molecule has 0 saturated heterocycles. The van der Waals surface area contributed by atoms with Gasteiger partial charge in [-0.1, -0.05) is 36.4 Å². The van der Waals surface area contributed by atoms with Crippen LogP contribution in [0.2, 0.25) is 0 Å². The summed E-state index contributed by atoms with van der Waals surface area (Å²) in [5, 5.41) is 11.6. The summed E-state index contributed by atoms with van der Waals surface area (Å²) in [7, 11) is 0. The molecule has 0 aliphatic carbocycles. The third kappa shape index (κ3) is 3.61. The second-order valence-electron chi connectivity index (χ2n) is 3.26. The molecule has 0 radical (unpaired) electrons. The first-order valence-electron chi connectivity index (χ1n) is 5.04. The Balaban J connectivity index is 2.92. The number of carboxylic acid groups (broad SMARTS) is 1. The van der Waals surface area contributed by atoms with Crippen molar-refractivity contribution in [1.29, 1.82) is 0 Å². The first-order valence-corrected chi connectivity index (χ1v) is 5.04. The Morgan fingerprint density at radius 2 is 1.94 bits per heavy atom. The van der Waals surface area contributed by atoms with Crippen molar-refractivity contribution in [1.82, 2.24) is 5.32 Å². The second kappa shape index (κ2) is 6.27. The number of hydrogen-bond donors (Lipinski definition) is 2. The molecule has 4 nitrogen and oxygen atoms in total. The molecule has 1 aromatic rings. The van der Waals surface area contributed by atoms with Crippen LogP contribution in [0.15, 0.2) is 54.8 Å². The van der Waals surface area contributed by atoms with E-state index in [1.807, 2.05) is 0 Å². The van der Waals surface area contributed by atoms with Crippen molar-refractivity contribution >= 4 is 11.8 Å². The number of carboxylic acids is 1. The Labute approximate surface area is 99.3 Å². The molecule has 88 valence electrons. The van der Waals surface area contributed by atoms with E-state index in [0.29, 0.717) is 12.1 Å². The van der Waals surface area contributed by atoms with Crippen molar-refractivity contribution in [2.75, 3.05) is 6.54 Å². The van der Waals surface area contributed by atoms with Crippen LogP contribution in [0.3, 0.4) is 0 Å². The number of nitrogens with one attached hydrogen (secondary N) is 1. The topological polar surface area (TPSA) is 66.4 Å². The van der Waals surface area contributed by atoms with Gasteiger partial charge in [0.2, 0.25) is 5.78 Å². The highest BCUT2D eigenvalue weighted by atomic mass is 16.4. The van der Waals surface area contributed by atoms with Crippen LogP contribution in [0, 0.1) is 0 Å². The van der Waals surface area contributed by atoms with Crippen LogP contribution < -0.4 is 5.32 Å². The van der Waals surface area contributed by atoms with Crippen molar-refractivity contribution < 1.29 is 14.7 Å². The molecule has 0 bridgehead atoms. The molecule has 0 heterocycles. The summed E-state index contributed by atoms with van der Waals surface area (Å²) in [4.78, 5) is 22.8. The molecule has 0 fully saturated rings. The van der Waals surface area contributed by atoms with Gasteiger partial charge in [-0.05, 0) is 0 Å². The fourth-order valence-electron chi connectivity index (χ4n) is 1.21. The van der Waals surface area contributed by atoms with Crippen LogP contribution in [-0.2, 0) is 4.79 Å². The summed E-state index contributed by atoms with van der Waals surface area (Å²) in [6.07, 6.45) is 2.77. The molecule has 0 unspecified atom stereocenters. The fourth-order valence-corrected chi connectivity index (χ4v) is 1.21. The van der Waals surface area contributed by atoms with E-state index in [1.165, 1.54) is 6.20 Å². The lowest BCUT2D eigenvalue weighted by Gasteiger charge is -2.02. The van der Waals surface area contributed by atoms with Crippen molar-refractivity contribution in [2.45, 2.75) is 0 Å². The minimum atomic E-state index is -1.25. The molecule has 0 aliphatic rings. The Morgan fingerprint density at radius 3 is 2.47 bits per heavy atom. The van der Waals surface area contributed by atoms with E-state index in [-0.39, 0.29) is 5.57 Å². The van der Waals surface area contributed by atoms with Crippen molar-refractivity contribution in [3.05, 3.63) is 60.3 Å². The second-order valence-corrected chi connectivity index (χ2v) is 3.26. The Bertz CT molecular complexity index is 449. The van der Waals surface area contributed by atoms with E-state index in [4.69, 9.17) is 5.11 Å². The number of aliphatic carboxylic acids is 1. The molecule has 17 heavy (non-hydrogen) atoms. The van der Waals surface area contributed by atoms with Gasteiger partial charge in [0.1, 0.15) is 5.57 Å². The van der Waals surface area contributed by atoms with Gasteiger partial charge in [0.15, 0.2) is 0 Å². The number of Topliss-reactive ketones (excluding diaryl/α,β-unsaturated/α-hetero) is 1. The highest BCUT2D eigenvalue weighted by molar-refractivity contribution is 6.23. The van der Waals surface area contributed by atoms with E-state index < -0.39 is 11.8 Å². The number of hydrogen-bond acceptors (Lipinski definition) is 3. The van der Waals surface area contributed by atoms with Crippen LogP contribution >= 0.6 is 0 Å². The van der Waals surface area contributed by atoms with E-state index in [2.05, 4.69) is 11.9 Å². The number of carbonyl (C=O) groups is 2. The smallest absolute Gasteiger partial charge is 0.341 e. The van der Waals surface area contributed by atoms with Crippen molar-refractivity contribution in [3.8, 4) is 0 Å². The van der Waals surface area contributed by atoms with Gasteiger partial charge in [-0.3, -0.25) is 4.79 Å². The molecule has 0 aliphatic heterocycles. The molecule has 2 N–H and O–H groups in total. The quantitative estimate of drug-likeness (QED) is 0.195. The van der Waals surface area contributed by atoms with Gasteiger partial charge in [0.05, 0.1) is 0 Å². The lowest BCUT2D eigenvalue weighted by molar-refractivity contribution is -0.132. The number of ketones is 1. The van der Waals surface area contributed by atoms with E-state index in [9.17, 15) is 9.59 Å². The summed E-state index contributed by atoms with van der Waals surface area (Å²) >= 11 is 0. The highest BCUT2D eigenvalue weighted by Crippen LogP contribution is 2.07. The predicted molar refractivity (Wildman–Crippen MR) is 64.7 cm³/mol. The van der Waals surface area contributed by atoms with Crippen LogP contribution in [0.1, 0.15) is 10.4 Å². The minimum Gasteiger partial charge on any atom is -0.477 e. The Hall–Kier alpha value is -2.36. The largest absolute Gasteiger partial charge is 0.477 e. The standard InChI is InChI=1S/C13H13NO3/c1-2-8-14-9-11(13(16)17)12(15)10-6-4-3-5-7-10/h2-7,9,14H,1,8H2,(H,16,17). The third-order valence-corrected chi connectivity index (χ3v) is 2.02. The summed E-state index contributed by atoms with van der Waals surface area (Å²) in [5.74, 6) is -1.77. The zero-order valence-corrected chi connectivity index (χ0v) is 9.22. The maximum Gasteiger partial charge on any atom is 0.341 e. The van der Waals surface area contributed by atoms with Crippen LogP contribution in [0.5, 0.6) is 0 Å². The van der Waals surface area contributed by atoms with Gasteiger partial charge in [0.25, 0.3) is 0 Å². The number of benzene rings is 1. The van der Waals surface area contributed by atoms with Crippen molar-refractivity contribution in [3.63, 3.8) is 0 Å². The average Bonchev–Trinajstić information content (AvgIpc) is 2.34. The fraction of sp³-hybridized carbons (Fsp3) is 0.0769. The number of carbonyl (C=O) groups excluding carboxylic acids is 1. The maximum absolute atomic E-state index is 11.9. The molecule has 1 aromatic carbocycles. The average molecular weight is 231 g/mol. The first-order chi connectivity index (χ1) is 8.16. The van der Waals surface area contributed by atoms with E-state index >= 15 is 0 Å². The van der Waals surface area contributed by atoms with E-state index in [1.54, 1.807) is 36.4 Å². The van der Waals surface area contributed by atoms with Gasteiger partial charge < -0.3 is 10.4 Å². The SMILES string of the molecule is C=CCNC=C(C(=O)O)C(=O)c1ccccc1. The van der Waals surface area contributed by atoms with Gasteiger partial charge in [-0.2, -0.15) is 0 Å². The molecule has 1 rings (SSSR count). The molecule has 0 atom stereocenters. The Morgan fingerprint density at radius 1 is 1.29 bits per heavy atom. The van der Waals surface area contributed by atoms with Gasteiger partial charge >= 0.3 is 5.97 Å². The van der Waals surface area contributed by atoms with Gasteiger partial charge in [-0.25, -0.2) is 4.79 Å². The third-order valence-electron chi connectivity index (χ3n) is 2.02. The molecular weight excluding hydrogens is 218 g/mol. The highest BCUT2D eigenvalue weighted by Gasteiger charge is 2.18. The van der Waals surface area contributed by atoms with Crippen molar-refractivity contribution in [2.24, 2.45) is 0 Å². The number of rotatable bonds is 6. The molecule has 0 saturated carbocycles. The zero-order valence-electron chi connectivity index (χ0n) is 9.22. The van der Waals surface area contributed by atoms with Gasteiger partial charge in [-0.15, -0.1) is 6.58 Å². The Kier molecular flexibility index (Phi) is 4.69. The van der Waals surface area contributed by atoms with Gasteiger partial charge in [0, 0.05) is 18.3 Å². The summed E-state index contributed by atoms with van der Waals surface area (Å²) in [5.41, 5.74) is 0.0552. The van der Waals surface area contributed by atoms with Crippen LogP contribution in [0.25, 0.3) is 0 Å². The molecule has 4 heteroatoms. The molecule has 0 aromatic heterocycles.